The van der Waals surface area contributed by atoms with Crippen LogP contribution in [0.15, 0.2) is 60.7 Å². The summed E-state index contributed by atoms with van der Waals surface area (Å²) in [6, 6.07) is 15.3. The van der Waals surface area contributed by atoms with Crippen molar-refractivity contribution >= 4 is 23.6 Å². The minimum absolute atomic E-state index is 0.0198. The van der Waals surface area contributed by atoms with Gasteiger partial charge in [-0.3, -0.25) is 14.6 Å². The van der Waals surface area contributed by atoms with Crippen LogP contribution in [0.3, 0.4) is 0 Å². The van der Waals surface area contributed by atoms with Gasteiger partial charge in [0.05, 0.1) is 18.4 Å². The number of carbonyl (C=O) groups is 3. The molecule has 1 aromatic heterocycles. The number of carbonyl (C=O) groups excluding carboxylic acids is 3. The van der Waals surface area contributed by atoms with Crippen LogP contribution in [-0.2, 0) is 41.8 Å². The van der Waals surface area contributed by atoms with Gasteiger partial charge >= 0.3 is 5.97 Å². The zero-order chi connectivity index (χ0) is 31.5. The molecule has 2 aromatic carbocycles. The maximum absolute atomic E-state index is 13.9. The van der Waals surface area contributed by atoms with Crippen LogP contribution in [0.1, 0.15) is 80.5 Å². The van der Waals surface area contributed by atoms with Crippen molar-refractivity contribution in [3.05, 3.63) is 94.6 Å². The molecule has 0 fully saturated rings. The lowest BCUT2D eigenvalue weighted by Crippen LogP contribution is -2.25. The van der Waals surface area contributed by atoms with Gasteiger partial charge in [-0.05, 0) is 52.8 Å². The van der Waals surface area contributed by atoms with E-state index < -0.39 is 17.9 Å². The van der Waals surface area contributed by atoms with E-state index >= 15 is 0 Å². The number of ether oxygens (including phenoxy) is 3. The summed E-state index contributed by atoms with van der Waals surface area (Å²) in [5, 5.41) is 0. The van der Waals surface area contributed by atoms with E-state index in [2.05, 4.69) is 13.8 Å². The third-order valence-corrected chi connectivity index (χ3v) is 6.96. The molecule has 0 aliphatic carbocycles. The number of methoxy groups -OCH3 is 2. The fourth-order valence-electron chi connectivity index (χ4n) is 4.80. The fraction of sp³-hybridized carbons (Fsp3) is 0.371. The molecule has 8 heteroatoms. The standard InChI is InChI=1S/C35H40FNO6/c1-22(2)33-29(32(25-12-14-26(36)15-13-25)30(21-41-5)34(37-33)23(3)4)17-16-27(38)18-28(42-6)19-31(39)35(40)43-20-24-10-8-7-9-11-24/h7-17,22-23,28H,18-21H2,1-6H3/b17-16+/t28-/m1/s1. The smallest absolute Gasteiger partial charge is 0.375 e. The molecule has 0 spiro atoms. The van der Waals surface area contributed by atoms with Crippen LogP contribution in [0, 0.1) is 5.82 Å². The third-order valence-electron chi connectivity index (χ3n) is 6.96. The molecular formula is C35H40FNO6. The van der Waals surface area contributed by atoms with Crippen LogP contribution >= 0.6 is 0 Å². The average Bonchev–Trinajstić information content (AvgIpc) is 2.99. The highest BCUT2D eigenvalue weighted by Gasteiger charge is 2.25. The first-order valence-corrected chi connectivity index (χ1v) is 14.3. The quantitative estimate of drug-likeness (QED) is 0.107. The Morgan fingerprint density at radius 3 is 2.09 bits per heavy atom. The lowest BCUT2D eigenvalue weighted by molar-refractivity contribution is -0.156. The normalized spacial score (nSPS) is 12.2. The summed E-state index contributed by atoms with van der Waals surface area (Å²) in [4.78, 5) is 42.9. The van der Waals surface area contributed by atoms with Crippen molar-refractivity contribution in [1.29, 1.82) is 0 Å². The number of aromatic nitrogens is 1. The number of allylic oxidation sites excluding steroid dienone is 1. The minimum atomic E-state index is -0.971. The van der Waals surface area contributed by atoms with Gasteiger partial charge in [0.1, 0.15) is 12.4 Å². The molecule has 1 atom stereocenters. The van der Waals surface area contributed by atoms with Gasteiger partial charge in [0.25, 0.3) is 0 Å². The minimum Gasteiger partial charge on any atom is -0.455 e. The van der Waals surface area contributed by atoms with Gasteiger partial charge in [-0.15, -0.1) is 0 Å². The first kappa shape index (κ1) is 33.5. The molecule has 0 aliphatic rings. The van der Waals surface area contributed by atoms with E-state index in [1.807, 2.05) is 32.0 Å². The maximum Gasteiger partial charge on any atom is 0.375 e. The second-order valence-corrected chi connectivity index (χ2v) is 10.9. The van der Waals surface area contributed by atoms with E-state index in [9.17, 15) is 18.8 Å². The Labute approximate surface area is 253 Å². The van der Waals surface area contributed by atoms with Gasteiger partial charge in [0.2, 0.25) is 5.78 Å². The van der Waals surface area contributed by atoms with Gasteiger partial charge in [-0.1, -0.05) is 70.2 Å². The van der Waals surface area contributed by atoms with Crippen molar-refractivity contribution in [2.45, 2.75) is 71.7 Å². The average molecular weight is 590 g/mol. The van der Waals surface area contributed by atoms with E-state index in [-0.39, 0.29) is 49.5 Å². The molecule has 43 heavy (non-hydrogen) atoms. The number of nitrogens with zero attached hydrogens (tertiary/aromatic N) is 1. The summed E-state index contributed by atoms with van der Waals surface area (Å²) in [5.74, 6) is -2.26. The van der Waals surface area contributed by atoms with Crippen LogP contribution in [0.5, 0.6) is 0 Å². The zero-order valence-electron chi connectivity index (χ0n) is 25.7. The summed E-state index contributed by atoms with van der Waals surface area (Å²) in [7, 11) is 3.00. The molecule has 0 N–H and O–H groups in total. The van der Waals surface area contributed by atoms with Crippen molar-refractivity contribution < 1.29 is 33.0 Å². The number of esters is 1. The van der Waals surface area contributed by atoms with Gasteiger partial charge < -0.3 is 14.2 Å². The largest absolute Gasteiger partial charge is 0.455 e. The molecule has 0 aliphatic heterocycles. The summed E-state index contributed by atoms with van der Waals surface area (Å²) < 4.78 is 29.9. The Bertz CT molecular complexity index is 1430. The maximum atomic E-state index is 13.9. The number of pyridine rings is 1. The second-order valence-electron chi connectivity index (χ2n) is 10.9. The van der Waals surface area contributed by atoms with E-state index in [0.717, 1.165) is 39.2 Å². The fourth-order valence-corrected chi connectivity index (χ4v) is 4.80. The Morgan fingerprint density at radius 1 is 0.860 bits per heavy atom. The molecule has 0 radical (unpaired) electrons. The van der Waals surface area contributed by atoms with Crippen molar-refractivity contribution in [2.75, 3.05) is 14.2 Å². The number of hydrogen-bond acceptors (Lipinski definition) is 7. The number of ketones is 2. The SMILES string of the molecule is COCc1c(C(C)C)nc(C(C)C)c(/C=C/C(=O)C[C@H](CC(=O)C(=O)OCc2ccccc2)OC)c1-c1ccc(F)cc1. The lowest BCUT2D eigenvalue weighted by atomic mass is 9.87. The number of benzene rings is 2. The molecule has 7 nitrogen and oxygen atoms in total. The van der Waals surface area contributed by atoms with Crippen LogP contribution in [0.25, 0.3) is 17.2 Å². The predicted octanol–water partition coefficient (Wildman–Crippen LogP) is 6.97. The van der Waals surface area contributed by atoms with E-state index in [0.29, 0.717) is 0 Å². The predicted molar refractivity (Wildman–Crippen MR) is 164 cm³/mol. The molecule has 1 heterocycles. The summed E-state index contributed by atoms with van der Waals surface area (Å²) in [6.45, 7) is 8.44. The number of halogens is 1. The molecule has 228 valence electrons. The zero-order valence-corrected chi connectivity index (χ0v) is 25.7. The van der Waals surface area contributed by atoms with E-state index in [1.54, 1.807) is 37.5 Å². The molecule has 0 unspecified atom stereocenters. The second kappa shape index (κ2) is 16.0. The molecule has 0 bridgehead atoms. The molecule has 0 amide bonds. The summed E-state index contributed by atoms with van der Waals surface area (Å²) in [5.41, 5.74) is 5.65. The highest BCUT2D eigenvalue weighted by atomic mass is 19.1. The van der Waals surface area contributed by atoms with Gasteiger partial charge in [0.15, 0.2) is 5.78 Å². The van der Waals surface area contributed by atoms with Gasteiger partial charge in [0, 0.05) is 43.9 Å². The van der Waals surface area contributed by atoms with Crippen molar-refractivity contribution in [1.82, 2.24) is 4.98 Å². The van der Waals surface area contributed by atoms with Gasteiger partial charge in [-0.2, -0.15) is 0 Å². The Balaban J connectivity index is 1.87. The Hall–Kier alpha value is -4.01. The van der Waals surface area contributed by atoms with E-state index in [1.165, 1.54) is 25.3 Å². The molecule has 3 rings (SSSR count). The van der Waals surface area contributed by atoms with E-state index in [4.69, 9.17) is 19.2 Å². The first-order valence-electron chi connectivity index (χ1n) is 14.3. The number of Topliss-reactive ketones (excluding diaryl/α,β-unsaturated/α-hetero) is 1. The Morgan fingerprint density at radius 2 is 1.51 bits per heavy atom. The Kier molecular flexibility index (Phi) is 12.5. The number of rotatable bonds is 15. The van der Waals surface area contributed by atoms with Crippen molar-refractivity contribution in [3.63, 3.8) is 0 Å². The lowest BCUT2D eigenvalue weighted by Gasteiger charge is -2.23. The third kappa shape index (κ3) is 9.24. The molecule has 3 aromatic rings. The van der Waals surface area contributed by atoms with Crippen LogP contribution in [0.4, 0.5) is 4.39 Å². The van der Waals surface area contributed by atoms with Crippen molar-refractivity contribution in [3.8, 4) is 11.1 Å². The highest BCUT2D eigenvalue weighted by molar-refractivity contribution is 6.33. The topological polar surface area (TPSA) is 91.8 Å². The highest BCUT2D eigenvalue weighted by Crippen LogP contribution is 2.37. The van der Waals surface area contributed by atoms with Gasteiger partial charge in [-0.25, -0.2) is 9.18 Å². The molecular weight excluding hydrogens is 549 g/mol. The molecule has 0 saturated heterocycles. The van der Waals surface area contributed by atoms with Crippen LogP contribution in [0.2, 0.25) is 0 Å². The molecule has 0 saturated carbocycles. The monoisotopic (exact) mass is 589 g/mol. The van der Waals surface area contributed by atoms with Crippen LogP contribution in [-0.4, -0.2) is 42.8 Å². The van der Waals surface area contributed by atoms with Crippen molar-refractivity contribution in [2.24, 2.45) is 0 Å². The number of hydrogen-bond donors (Lipinski definition) is 0. The summed E-state index contributed by atoms with van der Waals surface area (Å²) in [6.07, 6.45) is 1.95. The van der Waals surface area contributed by atoms with Crippen LogP contribution < -0.4 is 0 Å². The first-order chi connectivity index (χ1) is 20.5. The summed E-state index contributed by atoms with van der Waals surface area (Å²) >= 11 is 0.